The van der Waals surface area contributed by atoms with Crippen molar-refractivity contribution in [3.63, 3.8) is 0 Å². The van der Waals surface area contributed by atoms with E-state index < -0.39 is 5.92 Å². The Morgan fingerprint density at radius 2 is 1.53 bits per heavy atom. The van der Waals surface area contributed by atoms with E-state index in [4.69, 9.17) is 5.26 Å². The van der Waals surface area contributed by atoms with Gasteiger partial charge in [0.05, 0.1) is 19.2 Å². The first-order valence-corrected chi connectivity index (χ1v) is 6.52. The van der Waals surface area contributed by atoms with Crippen LogP contribution in [0.2, 0.25) is 0 Å². The molecule has 2 fully saturated rings. The Bertz CT molecular complexity index is 222. The lowest BCUT2D eigenvalue weighted by molar-refractivity contribution is -0.149. The quantitative estimate of drug-likeness (QED) is 0.703. The molecular formula is C13H24F2N2. The summed E-state index contributed by atoms with van der Waals surface area (Å²) in [5, 5.41) is 7.32. The molecule has 17 heavy (non-hydrogen) atoms. The van der Waals surface area contributed by atoms with Crippen molar-refractivity contribution in [2.45, 2.75) is 64.8 Å². The number of rotatable bonds is 1. The summed E-state index contributed by atoms with van der Waals surface area (Å²) in [5.41, 5.74) is 0. The second-order valence-corrected chi connectivity index (χ2v) is 4.28. The molecular weight excluding hydrogens is 222 g/mol. The summed E-state index contributed by atoms with van der Waals surface area (Å²) >= 11 is 0. The first-order valence-electron chi connectivity index (χ1n) is 6.52. The van der Waals surface area contributed by atoms with E-state index in [1.165, 1.54) is 26.2 Å². The van der Waals surface area contributed by atoms with Gasteiger partial charge in [0.2, 0.25) is 0 Å². The van der Waals surface area contributed by atoms with Crippen LogP contribution in [0.3, 0.4) is 0 Å². The highest BCUT2D eigenvalue weighted by Gasteiger charge is 2.46. The highest BCUT2D eigenvalue weighted by atomic mass is 19.3. The third kappa shape index (κ3) is 5.97. The van der Waals surface area contributed by atoms with Gasteiger partial charge in [-0.3, -0.25) is 4.90 Å². The van der Waals surface area contributed by atoms with E-state index in [0.29, 0.717) is 6.04 Å². The molecule has 0 N–H and O–H groups in total. The van der Waals surface area contributed by atoms with Gasteiger partial charge in [0, 0.05) is 13.0 Å². The Balaban J connectivity index is 0.000000450. The lowest BCUT2D eigenvalue weighted by Crippen LogP contribution is -2.60. The van der Waals surface area contributed by atoms with Crippen LogP contribution in [0.4, 0.5) is 8.78 Å². The molecule has 4 heteroatoms. The van der Waals surface area contributed by atoms with Crippen molar-refractivity contribution in [2.24, 2.45) is 0 Å². The molecule has 1 aliphatic heterocycles. The van der Waals surface area contributed by atoms with Crippen LogP contribution in [0.1, 0.15) is 52.9 Å². The van der Waals surface area contributed by atoms with Crippen molar-refractivity contribution in [1.29, 1.82) is 5.26 Å². The summed E-state index contributed by atoms with van der Waals surface area (Å²) < 4.78 is 25.0. The summed E-state index contributed by atoms with van der Waals surface area (Å²) in [7, 11) is 0. The zero-order valence-electron chi connectivity index (χ0n) is 11.2. The molecule has 2 rings (SSSR count). The van der Waals surface area contributed by atoms with Crippen LogP contribution in [0, 0.1) is 11.3 Å². The summed E-state index contributed by atoms with van der Waals surface area (Å²) in [6, 6.07) is 2.22. The van der Waals surface area contributed by atoms with Crippen molar-refractivity contribution in [3.05, 3.63) is 0 Å². The lowest BCUT2D eigenvalue weighted by Gasteiger charge is -2.45. The minimum Gasteiger partial charge on any atom is -0.288 e. The number of hydrogen-bond donors (Lipinski definition) is 0. The minimum atomic E-state index is -2.38. The molecule has 0 radical (unpaired) electrons. The summed E-state index contributed by atoms with van der Waals surface area (Å²) in [6.07, 6.45) is 6.02. The van der Waals surface area contributed by atoms with Gasteiger partial charge in [-0.1, -0.05) is 33.1 Å². The zero-order chi connectivity index (χ0) is 13.3. The van der Waals surface area contributed by atoms with E-state index in [1.807, 2.05) is 18.7 Å². The van der Waals surface area contributed by atoms with Crippen LogP contribution in [0.5, 0.6) is 0 Å². The fourth-order valence-electron chi connectivity index (χ4n) is 2.25. The zero-order valence-corrected chi connectivity index (χ0v) is 11.2. The van der Waals surface area contributed by atoms with E-state index in [0.717, 1.165) is 12.8 Å². The molecule has 0 atom stereocenters. The van der Waals surface area contributed by atoms with E-state index >= 15 is 0 Å². The SMILES string of the molecule is CC.CC#N.FC1(F)CN(C2CCCCC2)C1. The van der Waals surface area contributed by atoms with Crippen molar-refractivity contribution >= 4 is 0 Å². The summed E-state index contributed by atoms with van der Waals surface area (Å²) in [5.74, 6) is -2.38. The van der Waals surface area contributed by atoms with Gasteiger partial charge in [-0.15, -0.1) is 0 Å². The smallest absolute Gasteiger partial charge is 0.272 e. The minimum absolute atomic E-state index is 0.0116. The fourth-order valence-corrected chi connectivity index (χ4v) is 2.25. The lowest BCUT2D eigenvalue weighted by atomic mass is 9.91. The average molecular weight is 246 g/mol. The Morgan fingerprint density at radius 3 is 1.88 bits per heavy atom. The molecule has 1 heterocycles. The molecule has 0 aromatic heterocycles. The number of nitriles is 1. The van der Waals surface area contributed by atoms with Crippen molar-refractivity contribution < 1.29 is 8.78 Å². The predicted octanol–water partition coefficient (Wildman–Crippen LogP) is 3.83. The average Bonchev–Trinajstić information content (AvgIpc) is 2.31. The third-order valence-corrected chi connectivity index (χ3v) is 2.96. The molecule has 0 aromatic rings. The number of hydrogen-bond acceptors (Lipinski definition) is 2. The van der Waals surface area contributed by atoms with Crippen LogP contribution in [-0.4, -0.2) is 30.0 Å². The van der Waals surface area contributed by atoms with E-state index in [2.05, 4.69) is 0 Å². The summed E-state index contributed by atoms with van der Waals surface area (Å²) in [4.78, 5) is 1.94. The molecule has 1 saturated heterocycles. The number of halogens is 2. The van der Waals surface area contributed by atoms with Gasteiger partial charge < -0.3 is 0 Å². The monoisotopic (exact) mass is 246 g/mol. The van der Waals surface area contributed by atoms with E-state index in [1.54, 1.807) is 6.07 Å². The normalized spacial score (nSPS) is 23.1. The van der Waals surface area contributed by atoms with E-state index in [9.17, 15) is 8.78 Å². The van der Waals surface area contributed by atoms with Gasteiger partial charge in [-0.2, -0.15) is 5.26 Å². The van der Waals surface area contributed by atoms with Gasteiger partial charge in [0.25, 0.3) is 5.92 Å². The van der Waals surface area contributed by atoms with Crippen LogP contribution in [0.15, 0.2) is 0 Å². The molecule has 2 nitrogen and oxygen atoms in total. The Kier molecular flexibility index (Phi) is 8.07. The largest absolute Gasteiger partial charge is 0.288 e. The Morgan fingerprint density at radius 1 is 1.12 bits per heavy atom. The standard InChI is InChI=1S/C9H15F2N.C2H3N.C2H6/c10-9(11)6-12(7-9)8-4-2-1-3-5-8;1-2-3;1-2/h8H,1-7H2;1H3;1-2H3. The van der Waals surface area contributed by atoms with Gasteiger partial charge in [-0.05, 0) is 12.8 Å². The molecule has 100 valence electrons. The summed E-state index contributed by atoms with van der Waals surface area (Å²) in [6.45, 7) is 5.45. The van der Waals surface area contributed by atoms with Crippen LogP contribution >= 0.6 is 0 Å². The first kappa shape index (κ1) is 16.3. The van der Waals surface area contributed by atoms with Gasteiger partial charge in [0.15, 0.2) is 0 Å². The Labute approximate surface area is 104 Å². The van der Waals surface area contributed by atoms with Crippen LogP contribution < -0.4 is 0 Å². The Hall–Kier alpha value is -0.690. The second-order valence-electron chi connectivity index (χ2n) is 4.28. The van der Waals surface area contributed by atoms with Crippen molar-refractivity contribution in [3.8, 4) is 6.07 Å². The van der Waals surface area contributed by atoms with E-state index in [-0.39, 0.29) is 13.1 Å². The number of alkyl halides is 2. The molecule has 1 aliphatic carbocycles. The topological polar surface area (TPSA) is 27.0 Å². The van der Waals surface area contributed by atoms with Crippen LogP contribution in [0.25, 0.3) is 0 Å². The molecule has 1 saturated carbocycles. The first-order chi connectivity index (χ1) is 8.09. The van der Waals surface area contributed by atoms with Gasteiger partial charge >= 0.3 is 0 Å². The molecule has 0 bridgehead atoms. The predicted molar refractivity (Wildman–Crippen MR) is 66.0 cm³/mol. The maximum Gasteiger partial charge on any atom is 0.272 e. The molecule has 0 amide bonds. The second kappa shape index (κ2) is 8.41. The van der Waals surface area contributed by atoms with Gasteiger partial charge in [-0.25, -0.2) is 8.78 Å². The highest BCUT2D eigenvalue weighted by Crippen LogP contribution is 2.33. The maximum absolute atomic E-state index is 12.5. The molecule has 0 aromatic carbocycles. The third-order valence-electron chi connectivity index (χ3n) is 2.96. The van der Waals surface area contributed by atoms with Crippen LogP contribution in [-0.2, 0) is 0 Å². The fraction of sp³-hybridized carbons (Fsp3) is 0.923. The van der Waals surface area contributed by atoms with Crippen molar-refractivity contribution in [2.75, 3.05) is 13.1 Å². The highest BCUT2D eigenvalue weighted by molar-refractivity contribution is 4.92. The molecule has 2 aliphatic rings. The number of nitrogens with zero attached hydrogens (tertiary/aromatic N) is 2. The van der Waals surface area contributed by atoms with Gasteiger partial charge in [0.1, 0.15) is 0 Å². The number of likely N-dealkylation sites (tertiary alicyclic amines) is 1. The molecule has 0 unspecified atom stereocenters. The van der Waals surface area contributed by atoms with Crippen molar-refractivity contribution in [1.82, 2.24) is 4.90 Å². The molecule has 0 spiro atoms. The maximum atomic E-state index is 12.5.